The van der Waals surface area contributed by atoms with Gasteiger partial charge in [-0.15, -0.1) is 0 Å². The van der Waals surface area contributed by atoms with Gasteiger partial charge in [0, 0.05) is 32.2 Å². The first-order valence-corrected chi connectivity index (χ1v) is 11.6. The smallest absolute Gasteiger partial charge is 0.314 e. The molecule has 31 heavy (non-hydrogen) atoms. The quantitative estimate of drug-likeness (QED) is 0.722. The second-order valence-electron chi connectivity index (χ2n) is 9.10. The maximum absolute atomic E-state index is 13.2. The van der Waals surface area contributed by atoms with Gasteiger partial charge in [-0.3, -0.25) is 14.5 Å². The zero-order chi connectivity index (χ0) is 21.8. The summed E-state index contributed by atoms with van der Waals surface area (Å²) in [6.07, 6.45) is 3.74. The lowest BCUT2D eigenvalue weighted by Crippen LogP contribution is -2.59. The Balaban J connectivity index is 1.48. The standard InChI is InChI=1S/C24H34N2O5/c1-2-31-23(29)24-8-6-20(25-10-12-30-13-11-25)16-19(24)7-9-26(17-24)22(28)15-18-4-3-5-21(27)14-18/h3-5,14,19-20,27H,2,6-13,15-17H2,1H3/t19-,20+,24-/m1/s1. The van der Waals surface area contributed by atoms with E-state index < -0.39 is 5.41 Å². The molecule has 1 N–H and O–H groups in total. The first-order chi connectivity index (χ1) is 15.0. The van der Waals surface area contributed by atoms with Crippen LogP contribution >= 0.6 is 0 Å². The molecule has 3 aliphatic rings. The van der Waals surface area contributed by atoms with Crippen molar-refractivity contribution in [1.29, 1.82) is 0 Å². The number of fused-ring (bicyclic) bond motifs is 1. The fraction of sp³-hybridized carbons (Fsp3) is 0.667. The van der Waals surface area contributed by atoms with Crippen molar-refractivity contribution in [1.82, 2.24) is 9.80 Å². The van der Waals surface area contributed by atoms with E-state index in [4.69, 9.17) is 9.47 Å². The van der Waals surface area contributed by atoms with Crippen LogP contribution in [0.4, 0.5) is 0 Å². The van der Waals surface area contributed by atoms with E-state index in [0.29, 0.717) is 25.7 Å². The number of carbonyl (C=O) groups is 2. The number of benzene rings is 1. The summed E-state index contributed by atoms with van der Waals surface area (Å²) in [6, 6.07) is 7.29. The van der Waals surface area contributed by atoms with Gasteiger partial charge in [-0.1, -0.05) is 12.1 Å². The second-order valence-corrected chi connectivity index (χ2v) is 9.10. The van der Waals surface area contributed by atoms with Crippen LogP contribution in [-0.2, 0) is 25.5 Å². The van der Waals surface area contributed by atoms with Crippen molar-refractivity contribution in [2.75, 3.05) is 46.0 Å². The minimum atomic E-state index is -0.606. The molecule has 2 heterocycles. The number of phenolic OH excluding ortho intramolecular Hbond substituents is 1. The Morgan fingerprint density at radius 1 is 1.23 bits per heavy atom. The molecule has 0 spiro atoms. The Bertz CT molecular complexity index is 794. The molecule has 3 atom stereocenters. The lowest BCUT2D eigenvalue weighted by atomic mass is 9.61. The van der Waals surface area contributed by atoms with E-state index in [1.807, 2.05) is 17.9 Å². The topological polar surface area (TPSA) is 79.3 Å². The van der Waals surface area contributed by atoms with Crippen molar-refractivity contribution in [2.45, 2.75) is 45.1 Å². The number of phenols is 1. The first kappa shape index (κ1) is 22.1. The van der Waals surface area contributed by atoms with Crippen molar-refractivity contribution in [2.24, 2.45) is 11.3 Å². The summed E-state index contributed by atoms with van der Waals surface area (Å²) in [5.74, 6) is 0.254. The summed E-state index contributed by atoms with van der Waals surface area (Å²) in [6.45, 7) is 6.77. The lowest BCUT2D eigenvalue weighted by molar-refractivity contribution is -0.171. The highest BCUT2D eigenvalue weighted by Gasteiger charge is 2.54. The van der Waals surface area contributed by atoms with Crippen LogP contribution in [0.3, 0.4) is 0 Å². The third kappa shape index (κ3) is 4.72. The van der Waals surface area contributed by atoms with Gasteiger partial charge in [0.05, 0.1) is 31.7 Å². The Morgan fingerprint density at radius 2 is 2.03 bits per heavy atom. The van der Waals surface area contributed by atoms with Crippen LogP contribution in [-0.4, -0.2) is 78.8 Å². The number of piperidine rings is 1. The molecule has 1 amide bonds. The SMILES string of the molecule is CCOC(=O)[C@@]12CC[C@H](N3CCOCC3)C[C@H]1CCN(C(=O)Cc1cccc(O)c1)C2. The van der Waals surface area contributed by atoms with Gasteiger partial charge in [-0.25, -0.2) is 0 Å². The molecule has 7 nitrogen and oxygen atoms in total. The number of hydrogen-bond donors (Lipinski definition) is 1. The molecule has 1 saturated carbocycles. The number of hydrogen-bond acceptors (Lipinski definition) is 6. The van der Waals surface area contributed by atoms with Gasteiger partial charge in [0.15, 0.2) is 0 Å². The van der Waals surface area contributed by atoms with Crippen LogP contribution in [0.1, 0.15) is 38.2 Å². The number of morpholine rings is 1. The lowest BCUT2D eigenvalue weighted by Gasteiger charge is -2.52. The number of esters is 1. The van der Waals surface area contributed by atoms with Gasteiger partial charge in [-0.2, -0.15) is 0 Å². The van der Waals surface area contributed by atoms with Crippen molar-refractivity contribution in [3.8, 4) is 5.75 Å². The number of rotatable bonds is 5. The molecule has 0 bridgehead atoms. The zero-order valence-electron chi connectivity index (χ0n) is 18.4. The van der Waals surface area contributed by atoms with Crippen LogP contribution in [0.5, 0.6) is 5.75 Å². The van der Waals surface area contributed by atoms with E-state index in [-0.39, 0.29) is 30.0 Å². The summed E-state index contributed by atoms with van der Waals surface area (Å²) < 4.78 is 11.0. The highest BCUT2D eigenvalue weighted by Crippen LogP contribution is 2.48. The number of likely N-dealkylation sites (tertiary alicyclic amines) is 1. The molecule has 1 aromatic carbocycles. The van der Waals surface area contributed by atoms with E-state index in [1.54, 1.807) is 18.2 Å². The molecule has 4 rings (SSSR count). The fourth-order valence-corrected chi connectivity index (χ4v) is 5.68. The van der Waals surface area contributed by atoms with Crippen molar-refractivity contribution in [3.63, 3.8) is 0 Å². The van der Waals surface area contributed by atoms with Crippen LogP contribution in [0.15, 0.2) is 24.3 Å². The normalized spacial score (nSPS) is 29.3. The zero-order valence-corrected chi connectivity index (χ0v) is 18.4. The molecule has 170 valence electrons. The van der Waals surface area contributed by atoms with Gasteiger partial charge in [0.25, 0.3) is 0 Å². The highest BCUT2D eigenvalue weighted by atomic mass is 16.5. The van der Waals surface area contributed by atoms with Crippen molar-refractivity contribution >= 4 is 11.9 Å². The molecule has 0 radical (unpaired) electrons. The fourth-order valence-electron chi connectivity index (χ4n) is 5.68. The van der Waals surface area contributed by atoms with Crippen LogP contribution < -0.4 is 0 Å². The number of nitrogens with zero attached hydrogens (tertiary/aromatic N) is 2. The Hall–Kier alpha value is -2.12. The summed E-state index contributed by atoms with van der Waals surface area (Å²) in [4.78, 5) is 30.6. The summed E-state index contributed by atoms with van der Waals surface area (Å²) in [7, 11) is 0. The maximum atomic E-state index is 13.2. The average molecular weight is 431 g/mol. The van der Waals surface area contributed by atoms with E-state index in [2.05, 4.69) is 4.90 Å². The number of carbonyl (C=O) groups excluding carboxylic acids is 2. The van der Waals surface area contributed by atoms with E-state index in [9.17, 15) is 14.7 Å². The van der Waals surface area contributed by atoms with E-state index in [1.165, 1.54) is 0 Å². The molecular formula is C24H34N2O5. The molecule has 1 aliphatic carbocycles. The molecule has 1 aromatic rings. The Labute approximate surface area is 184 Å². The molecule has 7 heteroatoms. The van der Waals surface area contributed by atoms with Crippen LogP contribution in [0, 0.1) is 11.3 Å². The minimum Gasteiger partial charge on any atom is -0.508 e. The van der Waals surface area contributed by atoms with Gasteiger partial charge < -0.3 is 19.5 Å². The second kappa shape index (κ2) is 9.57. The molecular weight excluding hydrogens is 396 g/mol. The van der Waals surface area contributed by atoms with Crippen LogP contribution in [0.2, 0.25) is 0 Å². The monoisotopic (exact) mass is 430 g/mol. The Morgan fingerprint density at radius 3 is 2.77 bits per heavy atom. The number of ether oxygens (including phenoxy) is 2. The summed E-state index contributed by atoms with van der Waals surface area (Å²) in [5, 5.41) is 9.70. The number of aromatic hydroxyl groups is 1. The van der Waals surface area contributed by atoms with Gasteiger partial charge >= 0.3 is 5.97 Å². The minimum absolute atomic E-state index is 0.00280. The third-order valence-electron chi connectivity index (χ3n) is 7.34. The third-order valence-corrected chi connectivity index (χ3v) is 7.34. The van der Waals surface area contributed by atoms with Gasteiger partial charge in [-0.05, 0) is 56.2 Å². The summed E-state index contributed by atoms with van der Waals surface area (Å²) >= 11 is 0. The molecule has 2 saturated heterocycles. The van der Waals surface area contributed by atoms with Gasteiger partial charge in [0.1, 0.15) is 5.75 Å². The van der Waals surface area contributed by atoms with Crippen molar-refractivity contribution < 1.29 is 24.2 Å². The highest BCUT2D eigenvalue weighted by molar-refractivity contribution is 5.82. The molecule has 0 aromatic heterocycles. The largest absolute Gasteiger partial charge is 0.508 e. The predicted octanol–water partition coefficient (Wildman–Crippen LogP) is 2.22. The Kier molecular flexibility index (Phi) is 6.82. The average Bonchev–Trinajstić information content (AvgIpc) is 2.79. The first-order valence-electron chi connectivity index (χ1n) is 11.6. The van der Waals surface area contributed by atoms with E-state index >= 15 is 0 Å². The maximum Gasteiger partial charge on any atom is 0.314 e. The molecule has 3 fully saturated rings. The predicted molar refractivity (Wildman–Crippen MR) is 116 cm³/mol. The number of amides is 1. The van der Waals surface area contributed by atoms with Gasteiger partial charge in [0.2, 0.25) is 5.91 Å². The molecule has 2 aliphatic heterocycles. The van der Waals surface area contributed by atoms with Crippen LogP contribution in [0.25, 0.3) is 0 Å². The van der Waals surface area contributed by atoms with E-state index in [0.717, 1.165) is 57.6 Å². The van der Waals surface area contributed by atoms with Crippen molar-refractivity contribution in [3.05, 3.63) is 29.8 Å². The molecule has 0 unspecified atom stereocenters. The summed E-state index contributed by atoms with van der Waals surface area (Å²) in [5.41, 5.74) is 0.180.